The first kappa shape index (κ1) is 26.3. The molecule has 2 N–H and O–H groups in total. The van der Waals surface area contributed by atoms with E-state index >= 15 is 0 Å². The Bertz CT molecular complexity index is 1450. The molecule has 0 spiro atoms. The Kier molecular flexibility index (Phi) is 8.03. The van der Waals surface area contributed by atoms with E-state index in [4.69, 9.17) is 0 Å². The fraction of sp³-hybridized carbons (Fsp3) is 0.346. The fourth-order valence-corrected chi connectivity index (χ4v) is 7.15. The second-order valence-corrected chi connectivity index (χ2v) is 12.1. The first-order chi connectivity index (χ1) is 18.4. The average Bonchev–Trinajstić information content (AvgIpc) is 3.67. The van der Waals surface area contributed by atoms with Crippen LogP contribution in [0.25, 0.3) is 10.6 Å². The number of carbonyl (C=O) groups is 1. The first-order valence-electron chi connectivity index (χ1n) is 12.5. The molecule has 1 amide bonds. The van der Waals surface area contributed by atoms with Crippen LogP contribution >= 0.6 is 11.3 Å². The molecule has 10 nitrogen and oxygen atoms in total. The number of nitrogens with zero attached hydrogens (tertiary/aromatic N) is 5. The lowest BCUT2D eigenvalue weighted by Gasteiger charge is -2.30. The largest absolute Gasteiger partial charge is 0.355 e. The topological polar surface area (TPSA) is 116 Å². The summed E-state index contributed by atoms with van der Waals surface area (Å²) in [5.74, 6) is -0.190. The highest BCUT2D eigenvalue weighted by atomic mass is 32.2. The zero-order chi connectivity index (χ0) is 26.5. The van der Waals surface area contributed by atoms with Crippen molar-refractivity contribution in [2.24, 2.45) is 7.05 Å². The molecule has 0 aliphatic carbocycles. The van der Waals surface area contributed by atoms with Crippen LogP contribution in [0.4, 0.5) is 0 Å². The Morgan fingerprint density at radius 1 is 1.11 bits per heavy atom. The number of aromatic amines is 1. The van der Waals surface area contributed by atoms with Crippen molar-refractivity contribution in [3.05, 3.63) is 77.7 Å². The number of sulfonamides is 1. The van der Waals surface area contributed by atoms with Gasteiger partial charge in [-0.05, 0) is 30.0 Å². The van der Waals surface area contributed by atoms with E-state index in [0.717, 1.165) is 21.7 Å². The zero-order valence-electron chi connectivity index (χ0n) is 21.2. The minimum absolute atomic E-state index is 0.0212. The normalized spacial score (nSPS) is 18.7. The highest BCUT2D eigenvalue weighted by Gasteiger charge is 2.35. The number of amides is 1. The number of thiophene rings is 1. The predicted molar refractivity (Wildman–Crippen MR) is 146 cm³/mol. The summed E-state index contributed by atoms with van der Waals surface area (Å²) in [5.41, 5.74) is 2.83. The lowest BCUT2D eigenvalue weighted by Crippen LogP contribution is -2.39. The van der Waals surface area contributed by atoms with Crippen LogP contribution < -0.4 is 5.32 Å². The number of imidazole rings is 1. The van der Waals surface area contributed by atoms with E-state index in [1.165, 1.54) is 16.8 Å². The second kappa shape index (κ2) is 11.6. The molecule has 12 heteroatoms. The van der Waals surface area contributed by atoms with E-state index in [0.29, 0.717) is 32.6 Å². The Balaban J connectivity index is 1.42. The summed E-state index contributed by atoms with van der Waals surface area (Å²) in [6.45, 7) is 2.66. The van der Waals surface area contributed by atoms with Crippen LogP contribution in [0.1, 0.15) is 30.0 Å². The smallest absolute Gasteiger partial charge is 0.262 e. The van der Waals surface area contributed by atoms with Gasteiger partial charge in [0, 0.05) is 51.4 Å². The lowest BCUT2D eigenvalue weighted by atomic mass is 10.0. The average molecular weight is 554 g/mol. The molecule has 38 heavy (non-hydrogen) atoms. The van der Waals surface area contributed by atoms with Gasteiger partial charge in [-0.1, -0.05) is 36.4 Å². The maximum Gasteiger partial charge on any atom is 0.262 e. The number of H-pyrrole nitrogens is 1. The van der Waals surface area contributed by atoms with Gasteiger partial charge in [0.05, 0.1) is 29.1 Å². The van der Waals surface area contributed by atoms with Crippen LogP contribution in [0.5, 0.6) is 0 Å². The van der Waals surface area contributed by atoms with Crippen molar-refractivity contribution < 1.29 is 13.2 Å². The minimum atomic E-state index is -3.96. The zero-order valence-corrected chi connectivity index (χ0v) is 22.8. The molecule has 1 fully saturated rings. The van der Waals surface area contributed by atoms with Crippen LogP contribution in [0.3, 0.4) is 0 Å². The summed E-state index contributed by atoms with van der Waals surface area (Å²) >= 11 is 1.65. The maximum atomic E-state index is 13.8. The number of aryl methyl sites for hydroxylation is 1. The molecule has 0 saturated carbocycles. The summed E-state index contributed by atoms with van der Waals surface area (Å²) in [7, 11) is -2.22. The number of benzene rings is 1. The third-order valence-electron chi connectivity index (χ3n) is 6.65. The molecule has 0 radical (unpaired) electrons. The molecule has 1 saturated heterocycles. The van der Waals surface area contributed by atoms with E-state index < -0.39 is 16.1 Å². The molecule has 1 aliphatic rings. The van der Waals surface area contributed by atoms with Crippen molar-refractivity contribution in [1.29, 1.82) is 0 Å². The van der Waals surface area contributed by atoms with Gasteiger partial charge < -0.3 is 9.88 Å². The predicted octanol–water partition coefficient (Wildman–Crippen LogP) is 3.02. The molecular weight excluding hydrogens is 522 g/mol. The number of hydrogen-bond donors (Lipinski definition) is 2. The fourth-order valence-electron chi connectivity index (χ4n) is 4.77. The number of aromatic nitrogens is 4. The van der Waals surface area contributed by atoms with Gasteiger partial charge in [-0.2, -0.15) is 9.40 Å². The number of carbonyl (C=O) groups excluding carboxylic acids is 1. The molecule has 1 atom stereocenters. The van der Waals surface area contributed by atoms with Crippen molar-refractivity contribution in [3.8, 4) is 10.6 Å². The van der Waals surface area contributed by atoms with Crippen LogP contribution in [0.2, 0.25) is 0 Å². The van der Waals surface area contributed by atoms with Crippen LogP contribution in [-0.4, -0.2) is 69.5 Å². The molecule has 1 aromatic carbocycles. The van der Waals surface area contributed by atoms with Crippen molar-refractivity contribution >= 4 is 27.3 Å². The van der Waals surface area contributed by atoms with Gasteiger partial charge in [-0.15, -0.1) is 11.3 Å². The van der Waals surface area contributed by atoms with Crippen LogP contribution in [-0.2, 0) is 28.4 Å². The molecule has 0 bridgehead atoms. The minimum Gasteiger partial charge on any atom is -0.355 e. The van der Waals surface area contributed by atoms with E-state index in [9.17, 15) is 13.2 Å². The van der Waals surface area contributed by atoms with Crippen molar-refractivity contribution in [3.63, 3.8) is 0 Å². The molecule has 1 unspecified atom stereocenters. The van der Waals surface area contributed by atoms with E-state index in [2.05, 4.69) is 31.5 Å². The van der Waals surface area contributed by atoms with E-state index in [1.54, 1.807) is 23.0 Å². The van der Waals surface area contributed by atoms with E-state index in [-0.39, 0.29) is 23.9 Å². The third kappa shape index (κ3) is 5.88. The second-order valence-electron chi connectivity index (χ2n) is 9.35. The highest BCUT2D eigenvalue weighted by molar-refractivity contribution is 7.89. The highest BCUT2D eigenvalue weighted by Crippen LogP contribution is 2.31. The molecule has 200 valence electrons. The van der Waals surface area contributed by atoms with Crippen molar-refractivity contribution in [2.75, 3.05) is 26.2 Å². The van der Waals surface area contributed by atoms with Crippen molar-refractivity contribution in [2.45, 2.75) is 30.5 Å². The molecule has 3 aromatic heterocycles. The maximum absolute atomic E-state index is 13.8. The molecule has 4 heterocycles. The van der Waals surface area contributed by atoms with Crippen molar-refractivity contribution in [1.82, 2.24) is 34.3 Å². The van der Waals surface area contributed by atoms with Gasteiger partial charge in [-0.3, -0.25) is 14.8 Å². The van der Waals surface area contributed by atoms with Crippen LogP contribution in [0, 0.1) is 0 Å². The third-order valence-corrected chi connectivity index (χ3v) is 9.33. The Morgan fingerprint density at radius 3 is 2.68 bits per heavy atom. The summed E-state index contributed by atoms with van der Waals surface area (Å²) < 4.78 is 30.8. The first-order valence-corrected chi connectivity index (χ1v) is 14.8. The molecule has 5 rings (SSSR count). The Morgan fingerprint density at radius 2 is 1.95 bits per heavy atom. The molecule has 1 aliphatic heterocycles. The van der Waals surface area contributed by atoms with Crippen LogP contribution in [0.15, 0.2) is 71.6 Å². The monoisotopic (exact) mass is 553 g/mol. The van der Waals surface area contributed by atoms with Gasteiger partial charge in [0.1, 0.15) is 0 Å². The van der Waals surface area contributed by atoms with E-state index in [1.807, 2.05) is 48.0 Å². The lowest BCUT2D eigenvalue weighted by molar-refractivity contribution is -0.122. The quantitative estimate of drug-likeness (QED) is 0.379. The van der Waals surface area contributed by atoms with Gasteiger partial charge in [-0.25, -0.2) is 13.4 Å². The number of rotatable bonds is 6. The SMILES string of the molecule is Cn1cnc(S(=O)(=O)N2CCCN(Cc3cn[nH]c3-c3cccs3)CCNC(=O)CC2c2ccccc2)c1. The van der Waals surface area contributed by atoms with Gasteiger partial charge in [0.25, 0.3) is 10.0 Å². The summed E-state index contributed by atoms with van der Waals surface area (Å²) in [5, 5.41) is 12.4. The number of hydrogen-bond acceptors (Lipinski definition) is 7. The van der Waals surface area contributed by atoms with Gasteiger partial charge in [0.2, 0.25) is 5.91 Å². The Labute approximate surface area is 226 Å². The summed E-state index contributed by atoms with van der Waals surface area (Å²) in [6.07, 6.45) is 5.43. The molecular formula is C26H31N7O3S2. The molecule has 4 aromatic rings. The summed E-state index contributed by atoms with van der Waals surface area (Å²) in [6, 6.07) is 12.8. The summed E-state index contributed by atoms with van der Waals surface area (Å²) in [4.78, 5) is 20.5. The standard InChI is InChI=1S/C26H31N7O3S2/c1-31-18-25(28-19-31)38(35,36)33-12-6-11-32(17-21-16-29-30-26(21)23-9-5-14-37-23)13-10-27-24(34)15-22(33)20-7-3-2-4-8-20/h2-5,7-9,14,16,18-19,22H,6,10-13,15,17H2,1H3,(H,27,34)(H,29,30). The number of nitrogens with one attached hydrogen (secondary N) is 2. The Hall–Kier alpha value is -3.32. The van der Waals surface area contributed by atoms with Gasteiger partial charge in [0.15, 0.2) is 5.03 Å². The van der Waals surface area contributed by atoms with Gasteiger partial charge >= 0.3 is 0 Å².